The van der Waals surface area contributed by atoms with Crippen molar-refractivity contribution < 1.29 is 14.3 Å². The number of rotatable bonds is 3. The zero-order valence-electron chi connectivity index (χ0n) is 9.87. The second-order valence-electron chi connectivity index (χ2n) is 4.23. The van der Waals surface area contributed by atoms with E-state index in [2.05, 4.69) is 17.2 Å². The molecule has 2 rings (SSSR count). The Morgan fingerprint density at radius 3 is 2.94 bits per heavy atom. The van der Waals surface area contributed by atoms with Crippen LogP contribution in [-0.4, -0.2) is 17.6 Å². The Balaban J connectivity index is 2.10. The number of nitrogens with one attached hydrogen (secondary N) is 1. The average molecular weight is 247 g/mol. The van der Waals surface area contributed by atoms with Crippen molar-refractivity contribution in [2.24, 2.45) is 5.92 Å². The quantitative estimate of drug-likeness (QED) is 0.801. The third-order valence-corrected chi connectivity index (χ3v) is 2.64. The molecule has 1 aromatic rings. The molecule has 0 unspecified atom stereocenters. The highest BCUT2D eigenvalue weighted by Crippen LogP contribution is 2.30. The summed E-state index contributed by atoms with van der Waals surface area (Å²) in [6, 6.07) is 4.32. The number of hydrogen-bond acceptors (Lipinski definition) is 2. The van der Waals surface area contributed by atoms with Crippen LogP contribution in [-0.2, 0) is 4.79 Å². The minimum absolute atomic E-state index is 0.0177. The minimum atomic E-state index is -0.426. The Hall–Kier alpha value is -1.86. The van der Waals surface area contributed by atoms with E-state index < -0.39 is 5.82 Å². The Labute approximate surface area is 105 Å². The number of aliphatic hydroxyl groups excluding tert-OH is 1. The van der Waals surface area contributed by atoms with Gasteiger partial charge in [0.15, 0.2) is 0 Å². The van der Waals surface area contributed by atoms with Gasteiger partial charge in [-0.05, 0) is 31.0 Å². The summed E-state index contributed by atoms with van der Waals surface area (Å²) in [7, 11) is 0. The van der Waals surface area contributed by atoms with Gasteiger partial charge in [-0.1, -0.05) is 11.8 Å². The van der Waals surface area contributed by atoms with Crippen LogP contribution in [0.2, 0.25) is 0 Å². The standard InChI is InChI=1S/C14H14FNO2/c15-13-7-6-12(16-14(18)10-4-5-10)9-11(13)3-1-2-8-17/h6-7,9-10,17H,2,4-5,8H2,(H,16,18). The summed E-state index contributed by atoms with van der Waals surface area (Å²) in [5, 5.41) is 11.3. The Morgan fingerprint density at radius 1 is 1.50 bits per heavy atom. The molecule has 1 aliphatic carbocycles. The highest BCUT2D eigenvalue weighted by molar-refractivity contribution is 5.94. The number of halogens is 1. The van der Waals surface area contributed by atoms with Crippen LogP contribution in [0.25, 0.3) is 0 Å². The largest absolute Gasteiger partial charge is 0.395 e. The van der Waals surface area contributed by atoms with E-state index in [0.717, 1.165) is 12.8 Å². The summed E-state index contributed by atoms with van der Waals surface area (Å²) in [6.07, 6.45) is 2.16. The number of carbonyl (C=O) groups excluding carboxylic acids is 1. The van der Waals surface area contributed by atoms with Gasteiger partial charge in [-0.3, -0.25) is 4.79 Å². The van der Waals surface area contributed by atoms with Crippen LogP contribution in [0.15, 0.2) is 18.2 Å². The van der Waals surface area contributed by atoms with Crippen molar-refractivity contribution in [3.63, 3.8) is 0 Å². The SMILES string of the molecule is O=C(Nc1ccc(F)c(C#CCCO)c1)C1CC1. The van der Waals surface area contributed by atoms with Crippen LogP contribution in [0.5, 0.6) is 0 Å². The van der Waals surface area contributed by atoms with Crippen molar-refractivity contribution in [2.75, 3.05) is 11.9 Å². The third kappa shape index (κ3) is 3.31. The van der Waals surface area contributed by atoms with Crippen molar-refractivity contribution in [3.8, 4) is 11.8 Å². The van der Waals surface area contributed by atoms with Gasteiger partial charge < -0.3 is 10.4 Å². The highest BCUT2D eigenvalue weighted by Gasteiger charge is 2.29. The molecule has 1 fully saturated rings. The fourth-order valence-electron chi connectivity index (χ4n) is 1.50. The molecule has 0 aromatic heterocycles. The Bertz CT molecular complexity index is 512. The zero-order chi connectivity index (χ0) is 13.0. The maximum absolute atomic E-state index is 13.4. The predicted octanol–water partition coefficient (Wildman–Crippen LogP) is 1.91. The predicted molar refractivity (Wildman–Crippen MR) is 66.3 cm³/mol. The van der Waals surface area contributed by atoms with Crippen molar-refractivity contribution in [3.05, 3.63) is 29.6 Å². The van der Waals surface area contributed by atoms with E-state index in [0.29, 0.717) is 12.1 Å². The smallest absolute Gasteiger partial charge is 0.227 e. The second kappa shape index (κ2) is 5.65. The number of benzene rings is 1. The van der Waals surface area contributed by atoms with Gasteiger partial charge in [0.1, 0.15) is 5.82 Å². The van der Waals surface area contributed by atoms with Gasteiger partial charge in [0.05, 0.1) is 12.2 Å². The first-order valence-corrected chi connectivity index (χ1v) is 5.91. The molecule has 94 valence electrons. The summed E-state index contributed by atoms with van der Waals surface area (Å²) < 4.78 is 13.4. The molecule has 18 heavy (non-hydrogen) atoms. The molecular formula is C14H14FNO2. The molecular weight excluding hydrogens is 233 g/mol. The molecule has 1 aromatic carbocycles. The van der Waals surface area contributed by atoms with E-state index >= 15 is 0 Å². The third-order valence-electron chi connectivity index (χ3n) is 2.64. The van der Waals surface area contributed by atoms with Gasteiger partial charge in [-0.2, -0.15) is 0 Å². The minimum Gasteiger partial charge on any atom is -0.395 e. The van der Waals surface area contributed by atoms with E-state index in [1.807, 2.05) is 0 Å². The first kappa shape index (κ1) is 12.6. The topological polar surface area (TPSA) is 49.3 Å². The van der Waals surface area contributed by atoms with Crippen molar-refractivity contribution >= 4 is 11.6 Å². The number of hydrogen-bond donors (Lipinski definition) is 2. The van der Waals surface area contributed by atoms with Gasteiger partial charge in [0.2, 0.25) is 5.91 Å². The summed E-state index contributed by atoms with van der Waals surface area (Å²) in [4.78, 5) is 11.6. The molecule has 0 spiro atoms. The normalized spacial score (nSPS) is 13.7. The number of aliphatic hydroxyl groups is 1. The summed E-state index contributed by atoms with van der Waals surface area (Å²) in [6.45, 7) is -0.0489. The number of amides is 1. The molecule has 0 atom stereocenters. The maximum atomic E-state index is 13.4. The van der Waals surface area contributed by atoms with Gasteiger partial charge in [-0.15, -0.1) is 0 Å². The molecule has 1 aliphatic rings. The molecule has 1 saturated carbocycles. The van der Waals surface area contributed by atoms with Crippen molar-refractivity contribution in [1.29, 1.82) is 0 Å². The average Bonchev–Trinajstić information content (AvgIpc) is 3.17. The molecule has 0 aliphatic heterocycles. The molecule has 2 N–H and O–H groups in total. The van der Waals surface area contributed by atoms with Gasteiger partial charge in [-0.25, -0.2) is 4.39 Å². The molecule has 4 heteroatoms. The van der Waals surface area contributed by atoms with Gasteiger partial charge in [0.25, 0.3) is 0 Å². The van der Waals surface area contributed by atoms with Gasteiger partial charge in [0, 0.05) is 18.0 Å². The first-order valence-electron chi connectivity index (χ1n) is 5.91. The molecule has 0 radical (unpaired) electrons. The fourth-order valence-corrected chi connectivity index (χ4v) is 1.50. The van der Waals surface area contributed by atoms with E-state index in [1.165, 1.54) is 18.2 Å². The van der Waals surface area contributed by atoms with Crippen LogP contribution in [0.3, 0.4) is 0 Å². The van der Waals surface area contributed by atoms with Crippen LogP contribution in [0.1, 0.15) is 24.8 Å². The first-order chi connectivity index (χ1) is 8.70. The second-order valence-corrected chi connectivity index (χ2v) is 4.23. The number of anilines is 1. The molecule has 0 bridgehead atoms. The van der Waals surface area contributed by atoms with Crippen LogP contribution in [0.4, 0.5) is 10.1 Å². The van der Waals surface area contributed by atoms with Crippen LogP contribution >= 0.6 is 0 Å². The van der Waals surface area contributed by atoms with E-state index in [-0.39, 0.29) is 24.0 Å². The summed E-state index contributed by atoms with van der Waals surface area (Å²) in [5.41, 5.74) is 0.790. The number of carbonyl (C=O) groups is 1. The van der Waals surface area contributed by atoms with Crippen molar-refractivity contribution in [1.82, 2.24) is 0 Å². The lowest BCUT2D eigenvalue weighted by molar-refractivity contribution is -0.117. The van der Waals surface area contributed by atoms with Crippen LogP contribution < -0.4 is 5.32 Å². The monoisotopic (exact) mass is 247 g/mol. The Kier molecular flexibility index (Phi) is 3.96. The Morgan fingerprint density at radius 2 is 2.28 bits per heavy atom. The molecule has 3 nitrogen and oxygen atoms in total. The van der Waals surface area contributed by atoms with E-state index in [1.54, 1.807) is 0 Å². The molecule has 0 saturated heterocycles. The van der Waals surface area contributed by atoms with Gasteiger partial charge >= 0.3 is 0 Å². The fraction of sp³-hybridized carbons (Fsp3) is 0.357. The van der Waals surface area contributed by atoms with Crippen LogP contribution in [0, 0.1) is 23.6 Å². The molecule has 1 amide bonds. The lowest BCUT2D eigenvalue weighted by Crippen LogP contribution is -2.13. The maximum Gasteiger partial charge on any atom is 0.227 e. The summed E-state index contributed by atoms with van der Waals surface area (Å²) >= 11 is 0. The zero-order valence-corrected chi connectivity index (χ0v) is 9.87. The van der Waals surface area contributed by atoms with E-state index in [4.69, 9.17) is 5.11 Å². The lowest BCUT2D eigenvalue weighted by Gasteiger charge is -2.05. The summed E-state index contributed by atoms with van der Waals surface area (Å²) in [5.74, 6) is 4.96. The van der Waals surface area contributed by atoms with E-state index in [9.17, 15) is 9.18 Å². The van der Waals surface area contributed by atoms with Crippen molar-refractivity contribution in [2.45, 2.75) is 19.3 Å². The molecule has 0 heterocycles. The lowest BCUT2D eigenvalue weighted by atomic mass is 10.2. The highest BCUT2D eigenvalue weighted by atomic mass is 19.1.